The van der Waals surface area contributed by atoms with Crippen LogP contribution in [0.15, 0.2) is 95.9 Å². The maximum absolute atomic E-state index is 13.5. The first-order valence-electron chi connectivity index (χ1n) is 12.6. The van der Waals surface area contributed by atoms with Crippen LogP contribution in [0.25, 0.3) is 10.8 Å². The van der Waals surface area contributed by atoms with Gasteiger partial charge in [-0.05, 0) is 70.5 Å². The topological polar surface area (TPSA) is 64.7 Å². The van der Waals surface area contributed by atoms with Crippen LogP contribution in [0.5, 0.6) is 0 Å². The first kappa shape index (κ1) is 25.3. The van der Waals surface area contributed by atoms with Crippen LogP contribution in [0, 0.1) is 0 Å². The zero-order valence-corrected chi connectivity index (χ0v) is 22.9. The molecule has 9 heteroatoms. The number of benzene rings is 4. The van der Waals surface area contributed by atoms with Gasteiger partial charge in [0, 0.05) is 36.9 Å². The lowest BCUT2D eigenvalue weighted by Gasteiger charge is -2.41. The second-order valence-electron chi connectivity index (χ2n) is 9.61. The molecular formula is C29H27ClN4O2S2. The van der Waals surface area contributed by atoms with Crippen molar-refractivity contribution in [2.24, 2.45) is 0 Å². The zero-order chi connectivity index (χ0) is 26.3. The Bertz CT molecular complexity index is 1580. The van der Waals surface area contributed by atoms with E-state index >= 15 is 0 Å². The van der Waals surface area contributed by atoms with Crippen LogP contribution in [0.2, 0.25) is 5.02 Å². The van der Waals surface area contributed by atoms with Gasteiger partial charge in [0.05, 0.1) is 17.0 Å². The largest absolute Gasteiger partial charge is 0.346 e. The summed E-state index contributed by atoms with van der Waals surface area (Å²) in [5.41, 5.74) is 3.12. The van der Waals surface area contributed by atoms with Gasteiger partial charge in [-0.25, -0.2) is 13.1 Å². The molecule has 4 aromatic rings. The van der Waals surface area contributed by atoms with E-state index in [-0.39, 0.29) is 10.9 Å². The normalized spacial score (nSPS) is 19.6. The average Bonchev–Trinajstić information content (AvgIpc) is 3.24. The molecular weight excluding hydrogens is 536 g/mol. The summed E-state index contributed by atoms with van der Waals surface area (Å²) in [4.78, 5) is 4.76. The quantitative estimate of drug-likeness (QED) is 0.310. The highest BCUT2D eigenvalue weighted by Gasteiger charge is 2.41. The Morgan fingerprint density at radius 1 is 0.816 bits per heavy atom. The summed E-state index contributed by atoms with van der Waals surface area (Å²) in [6, 6.07) is 28.1. The molecule has 2 atom stereocenters. The van der Waals surface area contributed by atoms with Crippen LogP contribution in [-0.4, -0.2) is 49.5 Å². The lowest BCUT2D eigenvalue weighted by atomic mass is 10.0. The molecule has 194 valence electrons. The van der Waals surface area contributed by atoms with Gasteiger partial charge in [0.2, 0.25) is 10.0 Å². The van der Waals surface area contributed by atoms with Gasteiger partial charge in [-0.1, -0.05) is 66.2 Å². The van der Waals surface area contributed by atoms with Crippen molar-refractivity contribution >= 4 is 55.4 Å². The molecule has 1 fully saturated rings. The van der Waals surface area contributed by atoms with E-state index in [0.717, 1.165) is 53.8 Å². The summed E-state index contributed by atoms with van der Waals surface area (Å²) in [6.45, 7) is 3.01. The maximum atomic E-state index is 13.5. The average molecular weight is 563 g/mol. The lowest BCUT2D eigenvalue weighted by Crippen LogP contribution is -2.52. The van der Waals surface area contributed by atoms with Gasteiger partial charge in [-0.3, -0.25) is 4.90 Å². The molecule has 0 bridgehead atoms. The van der Waals surface area contributed by atoms with Gasteiger partial charge in [0.1, 0.15) is 0 Å². The molecule has 1 aliphatic heterocycles. The van der Waals surface area contributed by atoms with Crippen LogP contribution in [0.4, 0.5) is 5.69 Å². The standard InChI is InChI=1S/C29H27ClN4O2S2/c30-21-12-14-23(15-13-21)38(35,36)32-27-24-10-4-6-20-7-5-11-25(26(20)24)28(27)33-16-18-34(19-17-33)29(37)31-22-8-2-1-3-9-22/h1-15,27-28,32H,16-19H2,(H,31,37)/t27-,28-/m0/s1. The van der Waals surface area contributed by atoms with Gasteiger partial charge in [-0.15, -0.1) is 0 Å². The molecule has 0 spiro atoms. The molecule has 2 aliphatic rings. The fourth-order valence-corrected chi connectivity index (χ4v) is 7.21. The number of sulfonamides is 1. The number of halogens is 1. The van der Waals surface area contributed by atoms with Crippen molar-refractivity contribution in [3.05, 3.63) is 107 Å². The monoisotopic (exact) mass is 562 g/mol. The molecule has 2 N–H and O–H groups in total. The van der Waals surface area contributed by atoms with E-state index in [1.165, 1.54) is 0 Å². The maximum Gasteiger partial charge on any atom is 0.241 e. The van der Waals surface area contributed by atoms with E-state index in [1.807, 2.05) is 42.5 Å². The molecule has 6 rings (SSSR count). The van der Waals surface area contributed by atoms with Gasteiger partial charge >= 0.3 is 0 Å². The van der Waals surface area contributed by atoms with Crippen molar-refractivity contribution in [3.63, 3.8) is 0 Å². The fraction of sp³-hybridized carbons (Fsp3) is 0.207. The first-order valence-corrected chi connectivity index (χ1v) is 14.8. The molecule has 6 nitrogen and oxygen atoms in total. The number of piperazine rings is 1. The first-order chi connectivity index (χ1) is 18.4. The molecule has 0 radical (unpaired) electrons. The van der Waals surface area contributed by atoms with Crippen LogP contribution in [0.1, 0.15) is 23.2 Å². The minimum atomic E-state index is -3.78. The van der Waals surface area contributed by atoms with Crippen molar-refractivity contribution in [1.82, 2.24) is 14.5 Å². The van der Waals surface area contributed by atoms with Gasteiger partial charge in [-0.2, -0.15) is 0 Å². The Labute approximate surface area is 233 Å². The van der Waals surface area contributed by atoms with Crippen molar-refractivity contribution in [1.29, 1.82) is 0 Å². The highest BCUT2D eigenvalue weighted by molar-refractivity contribution is 7.89. The van der Waals surface area contributed by atoms with Crippen molar-refractivity contribution in [2.45, 2.75) is 17.0 Å². The molecule has 1 saturated heterocycles. The van der Waals surface area contributed by atoms with Crippen LogP contribution < -0.4 is 10.0 Å². The van der Waals surface area contributed by atoms with Crippen LogP contribution in [0.3, 0.4) is 0 Å². The fourth-order valence-electron chi connectivity index (χ4n) is 5.57. The van der Waals surface area contributed by atoms with Crippen LogP contribution >= 0.6 is 23.8 Å². The SMILES string of the molecule is O=S(=O)(N[C@H]1c2cccc3cccc(c23)[C@@H]1N1CCN(C(=S)Nc2ccccc2)CC1)c1ccc(Cl)cc1. The molecule has 0 saturated carbocycles. The third-order valence-corrected chi connectivity index (χ3v) is 9.43. The van der Waals surface area contributed by atoms with Gasteiger partial charge in [0.25, 0.3) is 0 Å². The van der Waals surface area contributed by atoms with E-state index in [2.05, 4.69) is 44.1 Å². The second kappa shape index (κ2) is 10.3. The lowest BCUT2D eigenvalue weighted by molar-refractivity contribution is 0.117. The summed E-state index contributed by atoms with van der Waals surface area (Å²) in [5, 5.41) is 6.77. The molecule has 1 heterocycles. The number of anilines is 1. The number of nitrogens with one attached hydrogen (secondary N) is 2. The number of hydrogen-bond donors (Lipinski definition) is 2. The molecule has 0 unspecified atom stereocenters. The highest BCUT2D eigenvalue weighted by atomic mass is 35.5. The minimum absolute atomic E-state index is 0.129. The van der Waals surface area contributed by atoms with E-state index in [0.29, 0.717) is 10.1 Å². The third-order valence-electron chi connectivity index (χ3n) is 7.36. The summed E-state index contributed by atoms with van der Waals surface area (Å²) in [7, 11) is -3.78. The van der Waals surface area contributed by atoms with Crippen molar-refractivity contribution in [2.75, 3.05) is 31.5 Å². The molecule has 38 heavy (non-hydrogen) atoms. The Morgan fingerprint density at radius 2 is 1.47 bits per heavy atom. The highest BCUT2D eigenvalue weighted by Crippen LogP contribution is 2.47. The predicted octanol–water partition coefficient (Wildman–Crippen LogP) is 5.58. The Hall–Kier alpha value is -3.01. The summed E-state index contributed by atoms with van der Waals surface area (Å²) in [6.07, 6.45) is 0. The second-order valence-corrected chi connectivity index (χ2v) is 12.1. The van der Waals surface area contributed by atoms with E-state index in [1.54, 1.807) is 24.3 Å². The molecule has 4 aromatic carbocycles. The smallest absolute Gasteiger partial charge is 0.241 e. The van der Waals surface area contributed by atoms with Gasteiger partial charge < -0.3 is 10.2 Å². The van der Waals surface area contributed by atoms with E-state index in [9.17, 15) is 8.42 Å². The Balaban J connectivity index is 1.27. The number of rotatable bonds is 5. The predicted molar refractivity (Wildman–Crippen MR) is 157 cm³/mol. The Kier molecular flexibility index (Phi) is 6.84. The summed E-state index contributed by atoms with van der Waals surface area (Å²) >= 11 is 11.7. The summed E-state index contributed by atoms with van der Waals surface area (Å²) < 4.78 is 30.1. The molecule has 0 amide bonds. The molecule has 1 aliphatic carbocycles. The number of hydrogen-bond acceptors (Lipinski definition) is 4. The summed E-state index contributed by atoms with van der Waals surface area (Å²) in [5.74, 6) is 0. The molecule has 0 aromatic heterocycles. The van der Waals surface area contributed by atoms with Crippen molar-refractivity contribution < 1.29 is 8.42 Å². The number of nitrogens with zero attached hydrogens (tertiary/aromatic N) is 2. The van der Waals surface area contributed by atoms with Crippen LogP contribution in [-0.2, 0) is 10.0 Å². The Morgan fingerprint density at radius 3 is 2.16 bits per heavy atom. The minimum Gasteiger partial charge on any atom is -0.346 e. The van der Waals surface area contributed by atoms with E-state index in [4.69, 9.17) is 23.8 Å². The number of para-hydroxylation sites is 1. The third kappa shape index (κ3) is 4.79. The van der Waals surface area contributed by atoms with E-state index < -0.39 is 16.1 Å². The zero-order valence-electron chi connectivity index (χ0n) is 20.5. The number of thiocarbonyl (C=S) groups is 1. The van der Waals surface area contributed by atoms with Gasteiger partial charge in [0.15, 0.2) is 5.11 Å². The van der Waals surface area contributed by atoms with Crippen molar-refractivity contribution in [3.8, 4) is 0 Å².